The third kappa shape index (κ3) is 0.924. The van der Waals surface area contributed by atoms with Gasteiger partial charge < -0.3 is 9.59 Å². The molecule has 0 aromatic rings. The summed E-state index contributed by atoms with van der Waals surface area (Å²) in [6.45, 7) is 0. The van der Waals surface area contributed by atoms with Crippen LogP contribution in [0.15, 0.2) is 0 Å². The van der Waals surface area contributed by atoms with Crippen LogP contribution in [0.4, 0.5) is 0 Å². The summed E-state index contributed by atoms with van der Waals surface area (Å²) in [5.41, 5.74) is 0. The molecule has 2 aliphatic carbocycles. The zero-order chi connectivity index (χ0) is 7.84. The van der Waals surface area contributed by atoms with Crippen molar-refractivity contribution in [1.82, 2.24) is 0 Å². The molecule has 0 heterocycles. The predicted octanol–water partition coefficient (Wildman–Crippen LogP) is 1.05. The molecule has 11 heavy (non-hydrogen) atoms. The van der Waals surface area contributed by atoms with Crippen molar-refractivity contribution in [3.8, 4) is 0 Å². The summed E-state index contributed by atoms with van der Waals surface area (Å²) < 4.78 is 0. The van der Waals surface area contributed by atoms with Crippen molar-refractivity contribution in [2.24, 2.45) is 23.7 Å². The van der Waals surface area contributed by atoms with Crippen molar-refractivity contribution in [3.05, 3.63) is 0 Å². The van der Waals surface area contributed by atoms with E-state index in [1.54, 1.807) is 0 Å². The van der Waals surface area contributed by atoms with Gasteiger partial charge in [0, 0.05) is 11.8 Å². The lowest BCUT2D eigenvalue weighted by Crippen LogP contribution is -2.19. The number of rotatable bonds is 2. The van der Waals surface area contributed by atoms with Crippen molar-refractivity contribution >= 4 is 12.6 Å². The average molecular weight is 152 g/mol. The molecule has 60 valence electrons. The van der Waals surface area contributed by atoms with E-state index in [1.807, 2.05) is 0 Å². The topological polar surface area (TPSA) is 34.1 Å². The molecule has 0 spiro atoms. The Labute approximate surface area is 66.0 Å². The van der Waals surface area contributed by atoms with E-state index in [4.69, 9.17) is 0 Å². The maximum absolute atomic E-state index is 10.5. The Kier molecular flexibility index (Phi) is 1.55. The van der Waals surface area contributed by atoms with Gasteiger partial charge in [-0.25, -0.2) is 0 Å². The van der Waals surface area contributed by atoms with Crippen LogP contribution in [0.1, 0.15) is 19.3 Å². The van der Waals surface area contributed by atoms with Crippen LogP contribution in [0.3, 0.4) is 0 Å². The molecule has 2 fully saturated rings. The van der Waals surface area contributed by atoms with Gasteiger partial charge in [0.2, 0.25) is 0 Å². The molecule has 0 saturated heterocycles. The minimum Gasteiger partial charge on any atom is -0.303 e. The van der Waals surface area contributed by atoms with E-state index >= 15 is 0 Å². The molecular weight excluding hydrogens is 140 g/mol. The van der Waals surface area contributed by atoms with Crippen LogP contribution < -0.4 is 0 Å². The standard InChI is InChI=1S/C9H12O2/c10-4-8-2-6-1-7(8)3-9(6)5-11/h4-9H,1-3H2/t6-,7-,8+,9+/m1/s1. The quantitative estimate of drug-likeness (QED) is 0.554. The van der Waals surface area contributed by atoms with Crippen molar-refractivity contribution in [3.63, 3.8) is 0 Å². The summed E-state index contributed by atoms with van der Waals surface area (Å²) >= 11 is 0. The fourth-order valence-corrected chi connectivity index (χ4v) is 2.70. The molecule has 2 heteroatoms. The van der Waals surface area contributed by atoms with Crippen molar-refractivity contribution < 1.29 is 9.59 Å². The van der Waals surface area contributed by atoms with Gasteiger partial charge in [-0.05, 0) is 31.1 Å². The third-order valence-corrected chi connectivity index (χ3v) is 3.32. The minimum absolute atomic E-state index is 0.274. The van der Waals surface area contributed by atoms with E-state index in [9.17, 15) is 9.59 Å². The molecule has 4 atom stereocenters. The molecule has 0 radical (unpaired) electrons. The second-order valence-corrected chi connectivity index (χ2v) is 3.83. The maximum atomic E-state index is 10.5. The van der Waals surface area contributed by atoms with Crippen LogP contribution in [0, 0.1) is 23.7 Å². The number of aldehydes is 2. The Morgan fingerprint density at radius 1 is 0.818 bits per heavy atom. The molecule has 2 saturated carbocycles. The molecular formula is C9H12O2. The van der Waals surface area contributed by atoms with Gasteiger partial charge in [0.1, 0.15) is 12.6 Å². The number of hydrogen-bond acceptors (Lipinski definition) is 2. The van der Waals surface area contributed by atoms with E-state index in [0.717, 1.165) is 31.8 Å². The van der Waals surface area contributed by atoms with Crippen molar-refractivity contribution in [2.45, 2.75) is 19.3 Å². The Hall–Kier alpha value is -0.660. The SMILES string of the molecule is O=C[C@@H]1C[C@H]2C[C@@H]1C[C@H]2C=O. The smallest absolute Gasteiger partial charge is 0.123 e. The lowest BCUT2D eigenvalue weighted by molar-refractivity contribution is -0.116. The third-order valence-electron chi connectivity index (χ3n) is 3.32. The van der Waals surface area contributed by atoms with Gasteiger partial charge in [-0.2, -0.15) is 0 Å². The highest BCUT2D eigenvalue weighted by Gasteiger charge is 2.45. The second kappa shape index (κ2) is 2.43. The fraction of sp³-hybridized carbons (Fsp3) is 0.778. The minimum atomic E-state index is 0.274. The number of fused-ring (bicyclic) bond motifs is 2. The highest BCUT2D eigenvalue weighted by atomic mass is 16.1. The van der Waals surface area contributed by atoms with Crippen molar-refractivity contribution in [1.29, 1.82) is 0 Å². The van der Waals surface area contributed by atoms with E-state index in [2.05, 4.69) is 0 Å². The number of carbonyl (C=O) groups is 2. The van der Waals surface area contributed by atoms with Crippen LogP contribution >= 0.6 is 0 Å². The van der Waals surface area contributed by atoms with Crippen LogP contribution in [0.5, 0.6) is 0 Å². The van der Waals surface area contributed by atoms with E-state index in [1.165, 1.54) is 0 Å². The first-order valence-corrected chi connectivity index (χ1v) is 4.25. The highest BCUT2D eigenvalue weighted by molar-refractivity contribution is 5.59. The van der Waals surface area contributed by atoms with Gasteiger partial charge in [-0.3, -0.25) is 0 Å². The molecule has 2 nitrogen and oxygen atoms in total. The molecule has 0 amide bonds. The fourth-order valence-electron chi connectivity index (χ4n) is 2.70. The predicted molar refractivity (Wildman–Crippen MR) is 39.9 cm³/mol. The average Bonchev–Trinajstić information content (AvgIpc) is 2.60. The Bertz CT molecular complexity index is 168. The second-order valence-electron chi connectivity index (χ2n) is 3.83. The summed E-state index contributed by atoms with van der Waals surface area (Å²) in [4.78, 5) is 21.0. The summed E-state index contributed by atoms with van der Waals surface area (Å²) in [5, 5.41) is 0. The molecule has 0 N–H and O–H groups in total. The first-order valence-electron chi connectivity index (χ1n) is 4.25. The lowest BCUT2D eigenvalue weighted by atomic mass is 9.84. The van der Waals surface area contributed by atoms with E-state index in [-0.39, 0.29) is 11.8 Å². The van der Waals surface area contributed by atoms with Gasteiger partial charge in [-0.15, -0.1) is 0 Å². The van der Waals surface area contributed by atoms with Crippen LogP contribution in [0.2, 0.25) is 0 Å². The molecule has 0 unspecified atom stereocenters. The highest BCUT2D eigenvalue weighted by Crippen LogP contribution is 2.50. The zero-order valence-electron chi connectivity index (χ0n) is 6.40. The Morgan fingerprint density at radius 2 is 1.27 bits per heavy atom. The Morgan fingerprint density at radius 3 is 1.55 bits per heavy atom. The number of carbonyl (C=O) groups excluding carboxylic acids is 2. The first kappa shape index (κ1) is 7.01. The van der Waals surface area contributed by atoms with Gasteiger partial charge in [0.05, 0.1) is 0 Å². The summed E-state index contributed by atoms with van der Waals surface area (Å²) in [6, 6.07) is 0. The summed E-state index contributed by atoms with van der Waals surface area (Å²) in [7, 11) is 0. The van der Waals surface area contributed by atoms with E-state index < -0.39 is 0 Å². The van der Waals surface area contributed by atoms with Crippen LogP contribution in [-0.4, -0.2) is 12.6 Å². The first-order chi connectivity index (χ1) is 5.35. The zero-order valence-corrected chi connectivity index (χ0v) is 6.40. The van der Waals surface area contributed by atoms with Gasteiger partial charge in [0.15, 0.2) is 0 Å². The summed E-state index contributed by atoms with van der Waals surface area (Å²) in [6.07, 6.45) is 5.21. The molecule has 0 aromatic carbocycles. The van der Waals surface area contributed by atoms with Gasteiger partial charge in [0.25, 0.3) is 0 Å². The molecule has 2 aliphatic rings. The molecule has 0 aliphatic heterocycles. The normalized spacial score (nSPS) is 47.6. The maximum Gasteiger partial charge on any atom is 0.123 e. The summed E-state index contributed by atoms with van der Waals surface area (Å²) in [5.74, 6) is 1.62. The molecule has 2 rings (SSSR count). The Balaban J connectivity index is 2.07. The largest absolute Gasteiger partial charge is 0.303 e. The molecule has 0 aromatic heterocycles. The van der Waals surface area contributed by atoms with Crippen LogP contribution in [0.25, 0.3) is 0 Å². The van der Waals surface area contributed by atoms with E-state index in [0.29, 0.717) is 11.8 Å². The van der Waals surface area contributed by atoms with Gasteiger partial charge >= 0.3 is 0 Å². The van der Waals surface area contributed by atoms with Gasteiger partial charge in [-0.1, -0.05) is 0 Å². The monoisotopic (exact) mass is 152 g/mol. The van der Waals surface area contributed by atoms with Crippen molar-refractivity contribution in [2.75, 3.05) is 0 Å². The molecule has 2 bridgehead atoms. The number of hydrogen-bond donors (Lipinski definition) is 0. The van der Waals surface area contributed by atoms with Crippen LogP contribution in [-0.2, 0) is 9.59 Å². The lowest BCUT2D eigenvalue weighted by Gasteiger charge is -2.19.